The highest BCUT2D eigenvalue weighted by Crippen LogP contribution is 2.23. The number of fused-ring (bicyclic) bond motifs is 1. The number of rotatable bonds is 4. The number of halogens is 1. The van der Waals surface area contributed by atoms with Crippen LogP contribution in [0.1, 0.15) is 32.6 Å². The summed E-state index contributed by atoms with van der Waals surface area (Å²) in [7, 11) is 0. The van der Waals surface area contributed by atoms with Gasteiger partial charge in [-0.1, -0.05) is 23.7 Å². The summed E-state index contributed by atoms with van der Waals surface area (Å²) in [6, 6.07) is 11.2. The first-order valence-corrected chi connectivity index (χ1v) is 9.30. The Morgan fingerprint density at radius 1 is 1.18 bits per heavy atom. The fourth-order valence-corrected chi connectivity index (χ4v) is 3.16. The molecule has 0 bridgehead atoms. The Bertz CT molecular complexity index is 1090. The molecule has 146 valence electrons. The van der Waals surface area contributed by atoms with Crippen molar-refractivity contribution < 1.29 is 4.79 Å². The van der Waals surface area contributed by atoms with E-state index in [1.807, 2.05) is 13.8 Å². The highest BCUT2D eigenvalue weighted by atomic mass is 35.5. The van der Waals surface area contributed by atoms with Crippen molar-refractivity contribution in [3.8, 4) is 5.69 Å². The van der Waals surface area contributed by atoms with Gasteiger partial charge in [0.25, 0.3) is 5.56 Å². The van der Waals surface area contributed by atoms with Gasteiger partial charge in [0.05, 0.1) is 27.7 Å². The lowest BCUT2D eigenvalue weighted by Crippen LogP contribution is -2.34. The number of hydrogen-bond acceptors (Lipinski definition) is 4. The third-order valence-electron chi connectivity index (χ3n) is 4.06. The number of carbonyl (C=O) groups excluding carboxylic acids is 1. The van der Waals surface area contributed by atoms with E-state index in [1.54, 1.807) is 49.4 Å². The summed E-state index contributed by atoms with van der Waals surface area (Å²) in [6.07, 6.45) is 0. The molecule has 3 aromatic rings. The van der Waals surface area contributed by atoms with Gasteiger partial charge in [-0.05, 0) is 51.1 Å². The van der Waals surface area contributed by atoms with Crippen molar-refractivity contribution in [3.05, 3.63) is 63.7 Å². The quantitative estimate of drug-likeness (QED) is 0.623. The number of hydrogen-bond donors (Lipinski definition) is 3. The van der Waals surface area contributed by atoms with Crippen molar-refractivity contribution in [1.82, 2.24) is 14.9 Å². The summed E-state index contributed by atoms with van der Waals surface area (Å²) in [4.78, 5) is 29.8. The highest BCUT2D eigenvalue weighted by molar-refractivity contribution is 6.35. The van der Waals surface area contributed by atoms with Crippen molar-refractivity contribution in [3.63, 3.8) is 0 Å². The van der Waals surface area contributed by atoms with Crippen LogP contribution in [0, 0.1) is 0 Å². The summed E-state index contributed by atoms with van der Waals surface area (Å²) in [5.74, 6) is 0.406. The maximum absolute atomic E-state index is 13.2. The second kappa shape index (κ2) is 8.00. The Kier molecular flexibility index (Phi) is 5.67. The molecule has 0 aliphatic heterocycles. The van der Waals surface area contributed by atoms with Crippen molar-refractivity contribution in [1.29, 1.82) is 0 Å². The molecule has 2 aromatic carbocycles. The summed E-state index contributed by atoms with van der Waals surface area (Å²) in [5.41, 5.74) is 7.34. The average Bonchev–Trinajstić information content (AvgIpc) is 2.60. The maximum atomic E-state index is 13.2. The summed E-state index contributed by atoms with van der Waals surface area (Å²) >= 11 is 6.25. The number of urea groups is 1. The zero-order valence-corrected chi connectivity index (χ0v) is 16.6. The smallest absolute Gasteiger partial charge is 0.319 e. The van der Waals surface area contributed by atoms with E-state index in [1.165, 1.54) is 4.57 Å². The molecule has 0 saturated heterocycles. The number of aromatic nitrogens is 2. The Hall–Kier alpha value is -2.90. The molecule has 0 unspecified atom stereocenters. The SMILES string of the molecule is CC(C)NC(=O)Nc1cccc(-n2c([C@H](C)N)nc3cccc(Cl)c3c2=O)c1. The van der Waals surface area contributed by atoms with Gasteiger partial charge in [-0.2, -0.15) is 0 Å². The van der Waals surface area contributed by atoms with Crippen molar-refractivity contribution in [2.24, 2.45) is 5.73 Å². The molecule has 1 heterocycles. The molecule has 0 aliphatic rings. The van der Waals surface area contributed by atoms with Crippen LogP contribution in [-0.2, 0) is 0 Å². The van der Waals surface area contributed by atoms with E-state index in [-0.39, 0.29) is 17.6 Å². The molecule has 0 saturated carbocycles. The minimum atomic E-state index is -0.489. The monoisotopic (exact) mass is 399 g/mol. The van der Waals surface area contributed by atoms with E-state index in [9.17, 15) is 9.59 Å². The summed E-state index contributed by atoms with van der Waals surface area (Å²) in [6.45, 7) is 5.50. The van der Waals surface area contributed by atoms with Crippen LogP contribution in [0.3, 0.4) is 0 Å². The van der Waals surface area contributed by atoms with Gasteiger partial charge >= 0.3 is 6.03 Å². The first-order chi connectivity index (χ1) is 13.3. The molecule has 1 aromatic heterocycles. The second-order valence-corrected chi connectivity index (χ2v) is 7.24. The number of amides is 2. The molecule has 3 rings (SSSR count). The number of nitrogens with zero attached hydrogens (tertiary/aromatic N) is 2. The molecule has 4 N–H and O–H groups in total. The van der Waals surface area contributed by atoms with Gasteiger partial charge in [-0.15, -0.1) is 0 Å². The van der Waals surface area contributed by atoms with E-state index in [2.05, 4.69) is 15.6 Å². The normalized spacial score (nSPS) is 12.2. The van der Waals surface area contributed by atoms with Gasteiger partial charge in [0.2, 0.25) is 0 Å². The molecule has 28 heavy (non-hydrogen) atoms. The van der Waals surface area contributed by atoms with Crippen LogP contribution in [0.2, 0.25) is 5.02 Å². The molecular weight excluding hydrogens is 378 g/mol. The van der Waals surface area contributed by atoms with Crippen LogP contribution >= 0.6 is 11.6 Å². The van der Waals surface area contributed by atoms with Gasteiger partial charge in [0, 0.05) is 11.7 Å². The molecular formula is C20H22ClN5O2. The van der Waals surface area contributed by atoms with Gasteiger partial charge < -0.3 is 16.4 Å². The lowest BCUT2D eigenvalue weighted by Gasteiger charge is -2.17. The third-order valence-corrected chi connectivity index (χ3v) is 4.38. The molecule has 2 amide bonds. The van der Waals surface area contributed by atoms with Crippen LogP contribution < -0.4 is 21.9 Å². The fraction of sp³-hybridized carbons (Fsp3) is 0.250. The summed E-state index contributed by atoms with van der Waals surface area (Å²) in [5, 5.41) is 6.16. The molecule has 8 heteroatoms. The molecule has 1 atom stereocenters. The molecule has 0 spiro atoms. The predicted molar refractivity (Wildman–Crippen MR) is 112 cm³/mol. The highest BCUT2D eigenvalue weighted by Gasteiger charge is 2.17. The minimum absolute atomic E-state index is 0.00215. The maximum Gasteiger partial charge on any atom is 0.319 e. The van der Waals surface area contributed by atoms with E-state index < -0.39 is 6.04 Å². The van der Waals surface area contributed by atoms with Gasteiger partial charge in [-0.25, -0.2) is 9.78 Å². The first kappa shape index (κ1) is 19.9. The van der Waals surface area contributed by atoms with Crippen LogP contribution in [0.5, 0.6) is 0 Å². The lowest BCUT2D eigenvalue weighted by atomic mass is 10.2. The molecule has 0 aliphatic carbocycles. The van der Waals surface area contributed by atoms with Crippen molar-refractivity contribution in [2.75, 3.05) is 5.32 Å². The van der Waals surface area contributed by atoms with E-state index in [0.29, 0.717) is 33.1 Å². The number of nitrogens with one attached hydrogen (secondary N) is 2. The Labute approximate surface area is 167 Å². The number of benzene rings is 2. The fourth-order valence-electron chi connectivity index (χ4n) is 2.91. The first-order valence-electron chi connectivity index (χ1n) is 8.92. The van der Waals surface area contributed by atoms with E-state index >= 15 is 0 Å². The van der Waals surface area contributed by atoms with Gasteiger partial charge in [0.15, 0.2) is 0 Å². The van der Waals surface area contributed by atoms with Gasteiger partial charge in [-0.3, -0.25) is 9.36 Å². The molecule has 7 nitrogen and oxygen atoms in total. The van der Waals surface area contributed by atoms with Crippen LogP contribution in [-0.4, -0.2) is 21.6 Å². The number of nitrogens with two attached hydrogens (primary N) is 1. The minimum Gasteiger partial charge on any atom is -0.336 e. The zero-order chi connectivity index (χ0) is 20.4. The zero-order valence-electron chi connectivity index (χ0n) is 15.9. The van der Waals surface area contributed by atoms with Crippen LogP contribution in [0.4, 0.5) is 10.5 Å². The van der Waals surface area contributed by atoms with Crippen molar-refractivity contribution in [2.45, 2.75) is 32.9 Å². The van der Waals surface area contributed by atoms with E-state index in [4.69, 9.17) is 17.3 Å². The predicted octanol–water partition coefficient (Wildman–Crippen LogP) is 3.59. The van der Waals surface area contributed by atoms with E-state index in [0.717, 1.165) is 0 Å². The number of anilines is 1. The Morgan fingerprint density at radius 3 is 2.57 bits per heavy atom. The van der Waals surface area contributed by atoms with Gasteiger partial charge in [0.1, 0.15) is 5.82 Å². The largest absolute Gasteiger partial charge is 0.336 e. The Morgan fingerprint density at radius 2 is 1.89 bits per heavy atom. The lowest BCUT2D eigenvalue weighted by molar-refractivity contribution is 0.250. The van der Waals surface area contributed by atoms with Crippen LogP contribution in [0.15, 0.2) is 47.3 Å². The Balaban J connectivity index is 2.15. The molecule has 0 fully saturated rings. The standard InChI is InChI=1S/C20H22ClN5O2/c1-11(2)23-20(28)24-13-6-4-7-14(10-13)26-18(12(3)22)25-16-9-5-8-15(21)17(16)19(26)27/h4-12H,22H2,1-3H3,(H2,23,24,28)/t12-/m0/s1. The summed E-state index contributed by atoms with van der Waals surface area (Å²) < 4.78 is 1.43. The topological polar surface area (TPSA) is 102 Å². The number of carbonyl (C=O) groups is 1. The van der Waals surface area contributed by atoms with Crippen molar-refractivity contribution >= 4 is 34.2 Å². The van der Waals surface area contributed by atoms with Crippen LogP contribution in [0.25, 0.3) is 16.6 Å². The third kappa shape index (κ3) is 4.00. The second-order valence-electron chi connectivity index (χ2n) is 6.84. The average molecular weight is 400 g/mol. The molecule has 0 radical (unpaired) electrons.